The van der Waals surface area contributed by atoms with Gasteiger partial charge >= 0.3 is 0 Å². The minimum absolute atomic E-state index is 0.0978. The molecule has 0 aromatic heterocycles. The van der Waals surface area contributed by atoms with E-state index in [-0.39, 0.29) is 29.7 Å². The summed E-state index contributed by atoms with van der Waals surface area (Å²) in [5.41, 5.74) is 0.0978. The fraction of sp³-hybridized carbons (Fsp3) is 0.364. The van der Waals surface area contributed by atoms with E-state index in [2.05, 4.69) is 0 Å². The third kappa shape index (κ3) is 2.43. The van der Waals surface area contributed by atoms with Crippen molar-refractivity contribution in [3.63, 3.8) is 0 Å². The van der Waals surface area contributed by atoms with E-state index >= 15 is 0 Å². The highest BCUT2D eigenvalue weighted by Gasteiger charge is 2.19. The summed E-state index contributed by atoms with van der Waals surface area (Å²) in [7, 11) is 1.54. The highest BCUT2D eigenvalue weighted by atomic mass is 16.3. The van der Waals surface area contributed by atoms with Crippen LogP contribution in [0.15, 0.2) is 18.2 Å². The van der Waals surface area contributed by atoms with Crippen molar-refractivity contribution in [1.82, 2.24) is 4.90 Å². The number of aromatic hydroxyl groups is 2. The molecule has 0 fully saturated rings. The molecule has 0 saturated heterocycles. The van der Waals surface area contributed by atoms with E-state index in [4.69, 9.17) is 10.2 Å². The van der Waals surface area contributed by atoms with E-state index in [1.54, 1.807) is 6.92 Å². The lowest BCUT2D eigenvalue weighted by molar-refractivity contribution is 0.0679. The third-order valence-corrected chi connectivity index (χ3v) is 2.46. The second kappa shape index (κ2) is 4.85. The van der Waals surface area contributed by atoms with E-state index < -0.39 is 5.91 Å². The van der Waals surface area contributed by atoms with E-state index in [0.717, 1.165) is 6.07 Å². The second-order valence-corrected chi connectivity index (χ2v) is 3.65. The smallest absolute Gasteiger partial charge is 0.257 e. The zero-order valence-electron chi connectivity index (χ0n) is 9.21. The van der Waals surface area contributed by atoms with Crippen LogP contribution in [-0.2, 0) is 0 Å². The molecule has 1 aromatic carbocycles. The van der Waals surface area contributed by atoms with Crippen LogP contribution in [0.25, 0.3) is 0 Å². The van der Waals surface area contributed by atoms with Crippen LogP contribution < -0.4 is 0 Å². The highest BCUT2D eigenvalue weighted by molar-refractivity contribution is 5.97. The predicted octanol–water partition coefficient (Wildman–Crippen LogP) is 0.551. The maximum absolute atomic E-state index is 11.9. The molecule has 0 radical (unpaired) electrons. The van der Waals surface area contributed by atoms with Gasteiger partial charge in [0.1, 0.15) is 11.5 Å². The fourth-order valence-electron chi connectivity index (χ4n) is 1.21. The number of phenolic OH excluding ortho intramolecular Hbond substituents is 2. The van der Waals surface area contributed by atoms with Crippen LogP contribution >= 0.6 is 0 Å². The number of nitrogens with zero attached hydrogens (tertiary/aromatic N) is 1. The van der Waals surface area contributed by atoms with Gasteiger partial charge in [0.15, 0.2) is 0 Å². The Morgan fingerprint density at radius 2 is 2.06 bits per heavy atom. The number of amides is 1. The Balaban J connectivity index is 2.96. The first kappa shape index (κ1) is 12.3. The van der Waals surface area contributed by atoms with Crippen LogP contribution in [0.3, 0.4) is 0 Å². The van der Waals surface area contributed by atoms with E-state index in [0.29, 0.717) is 0 Å². The molecule has 1 rings (SSSR count). The highest BCUT2D eigenvalue weighted by Crippen LogP contribution is 2.23. The van der Waals surface area contributed by atoms with Gasteiger partial charge in [0.05, 0.1) is 18.2 Å². The lowest BCUT2D eigenvalue weighted by Gasteiger charge is -2.23. The summed E-state index contributed by atoms with van der Waals surface area (Å²) in [6, 6.07) is 3.43. The molecule has 0 aliphatic rings. The van der Waals surface area contributed by atoms with Gasteiger partial charge in [-0.1, -0.05) is 0 Å². The summed E-state index contributed by atoms with van der Waals surface area (Å²) < 4.78 is 0. The average Bonchev–Trinajstić information content (AvgIpc) is 2.26. The molecule has 5 heteroatoms. The van der Waals surface area contributed by atoms with Gasteiger partial charge in [0, 0.05) is 13.1 Å². The van der Waals surface area contributed by atoms with Gasteiger partial charge < -0.3 is 20.2 Å². The minimum atomic E-state index is -0.404. The molecule has 0 aliphatic heterocycles. The van der Waals surface area contributed by atoms with Gasteiger partial charge in [0.25, 0.3) is 5.91 Å². The van der Waals surface area contributed by atoms with Crippen molar-refractivity contribution < 1.29 is 20.1 Å². The van der Waals surface area contributed by atoms with Gasteiger partial charge in [-0.15, -0.1) is 0 Å². The van der Waals surface area contributed by atoms with Crippen molar-refractivity contribution in [3.8, 4) is 11.5 Å². The largest absolute Gasteiger partial charge is 0.508 e. The standard InChI is InChI=1S/C11H15NO4/c1-7(6-13)12(2)11(16)9-4-3-8(14)5-10(9)15/h3-5,7,13-15H,6H2,1-2H3. The average molecular weight is 225 g/mol. The summed E-state index contributed by atoms with van der Waals surface area (Å²) in [6.45, 7) is 1.54. The van der Waals surface area contributed by atoms with Crippen molar-refractivity contribution in [3.05, 3.63) is 23.8 Å². The van der Waals surface area contributed by atoms with Crippen LogP contribution in [0.1, 0.15) is 17.3 Å². The molecule has 88 valence electrons. The summed E-state index contributed by atoms with van der Waals surface area (Å²) in [5.74, 6) is -0.784. The number of carbonyl (C=O) groups is 1. The summed E-state index contributed by atoms with van der Waals surface area (Å²) in [4.78, 5) is 13.2. The van der Waals surface area contributed by atoms with E-state index in [9.17, 15) is 9.90 Å². The van der Waals surface area contributed by atoms with E-state index in [1.807, 2.05) is 0 Å². The lowest BCUT2D eigenvalue weighted by atomic mass is 10.1. The first-order chi connectivity index (χ1) is 7.47. The Hall–Kier alpha value is -1.75. The van der Waals surface area contributed by atoms with Crippen LogP contribution in [-0.4, -0.2) is 45.8 Å². The molecule has 1 amide bonds. The van der Waals surface area contributed by atoms with Gasteiger partial charge in [0.2, 0.25) is 0 Å². The number of aliphatic hydroxyl groups excluding tert-OH is 1. The van der Waals surface area contributed by atoms with Crippen LogP contribution in [0.2, 0.25) is 0 Å². The monoisotopic (exact) mass is 225 g/mol. The first-order valence-corrected chi connectivity index (χ1v) is 4.87. The number of carbonyl (C=O) groups excluding carboxylic acids is 1. The molecule has 0 heterocycles. The molecule has 3 N–H and O–H groups in total. The molecular weight excluding hydrogens is 210 g/mol. The molecule has 1 aromatic rings. The number of likely N-dealkylation sites (N-methyl/N-ethyl adjacent to an activating group) is 1. The van der Waals surface area contributed by atoms with Gasteiger partial charge in [-0.05, 0) is 19.1 Å². The number of rotatable bonds is 3. The number of hydrogen-bond acceptors (Lipinski definition) is 4. The first-order valence-electron chi connectivity index (χ1n) is 4.87. The summed E-state index contributed by atoms with van der Waals surface area (Å²) >= 11 is 0. The van der Waals surface area contributed by atoms with Gasteiger partial charge in [-0.25, -0.2) is 0 Å². The van der Waals surface area contributed by atoms with Crippen LogP contribution in [0, 0.1) is 0 Å². The van der Waals surface area contributed by atoms with Crippen molar-refractivity contribution in [2.45, 2.75) is 13.0 Å². The molecule has 0 aliphatic carbocycles. The normalized spacial score (nSPS) is 12.2. The molecule has 0 bridgehead atoms. The SMILES string of the molecule is CC(CO)N(C)C(=O)c1ccc(O)cc1O. The number of benzene rings is 1. The molecule has 0 spiro atoms. The summed E-state index contributed by atoms with van der Waals surface area (Å²) in [5, 5.41) is 27.5. The Morgan fingerprint density at radius 1 is 1.44 bits per heavy atom. The Labute approximate surface area is 93.6 Å². The molecular formula is C11H15NO4. The number of phenols is 2. The maximum Gasteiger partial charge on any atom is 0.257 e. The van der Waals surface area contributed by atoms with Crippen LogP contribution in [0.5, 0.6) is 11.5 Å². The molecule has 16 heavy (non-hydrogen) atoms. The topological polar surface area (TPSA) is 81.0 Å². The zero-order chi connectivity index (χ0) is 12.3. The van der Waals surface area contributed by atoms with Crippen molar-refractivity contribution in [1.29, 1.82) is 0 Å². The van der Waals surface area contributed by atoms with Crippen molar-refractivity contribution >= 4 is 5.91 Å². The number of hydrogen-bond donors (Lipinski definition) is 3. The molecule has 1 unspecified atom stereocenters. The van der Waals surface area contributed by atoms with Crippen molar-refractivity contribution in [2.75, 3.05) is 13.7 Å². The summed E-state index contributed by atoms with van der Waals surface area (Å²) in [6.07, 6.45) is 0. The maximum atomic E-state index is 11.9. The predicted molar refractivity (Wildman–Crippen MR) is 58.4 cm³/mol. The van der Waals surface area contributed by atoms with Gasteiger partial charge in [-0.2, -0.15) is 0 Å². The molecule has 0 saturated carbocycles. The minimum Gasteiger partial charge on any atom is -0.508 e. The second-order valence-electron chi connectivity index (χ2n) is 3.65. The van der Waals surface area contributed by atoms with Crippen molar-refractivity contribution in [2.24, 2.45) is 0 Å². The molecule has 5 nitrogen and oxygen atoms in total. The quantitative estimate of drug-likeness (QED) is 0.701. The Bertz CT molecular complexity index is 392. The van der Waals surface area contributed by atoms with E-state index in [1.165, 1.54) is 24.1 Å². The van der Waals surface area contributed by atoms with Crippen LogP contribution in [0.4, 0.5) is 0 Å². The number of aliphatic hydroxyl groups is 1. The third-order valence-electron chi connectivity index (χ3n) is 2.46. The lowest BCUT2D eigenvalue weighted by Crippen LogP contribution is -2.37. The fourth-order valence-corrected chi connectivity index (χ4v) is 1.21. The van der Waals surface area contributed by atoms with Gasteiger partial charge in [-0.3, -0.25) is 4.79 Å². The Morgan fingerprint density at radius 3 is 2.56 bits per heavy atom. The molecule has 1 atom stereocenters. The zero-order valence-corrected chi connectivity index (χ0v) is 9.21. The Kier molecular flexibility index (Phi) is 3.73.